The van der Waals surface area contributed by atoms with Crippen LogP contribution in [-0.4, -0.2) is 17.3 Å². The molecule has 2 aromatic carbocycles. The van der Waals surface area contributed by atoms with Gasteiger partial charge in [-0.1, -0.05) is 48.5 Å². The Kier molecular flexibility index (Phi) is 2.92. The zero-order valence-corrected chi connectivity index (χ0v) is 11.4. The Hall–Kier alpha value is -1.64. The van der Waals surface area contributed by atoms with Crippen LogP contribution in [0.5, 0.6) is 0 Å². The summed E-state index contributed by atoms with van der Waals surface area (Å²) in [5.74, 6) is 0. The molecular weight excluding hydrogens is 234 g/mol. The van der Waals surface area contributed by atoms with Crippen molar-refractivity contribution < 1.29 is 5.11 Å². The van der Waals surface area contributed by atoms with Crippen molar-refractivity contribution in [3.8, 4) is 11.1 Å². The summed E-state index contributed by atoms with van der Waals surface area (Å²) in [5, 5.41) is 13.1. The molecule has 0 aromatic heterocycles. The van der Waals surface area contributed by atoms with Crippen molar-refractivity contribution in [2.45, 2.75) is 25.4 Å². The van der Waals surface area contributed by atoms with Crippen LogP contribution in [0.4, 0.5) is 0 Å². The van der Waals surface area contributed by atoms with Crippen LogP contribution in [0, 0.1) is 0 Å². The third-order valence-corrected chi connectivity index (χ3v) is 3.76. The zero-order chi connectivity index (χ0) is 13.5. The molecule has 0 amide bonds. The summed E-state index contributed by atoms with van der Waals surface area (Å²) in [6.45, 7) is 4.17. The highest BCUT2D eigenvalue weighted by molar-refractivity contribution is 5.78. The van der Waals surface area contributed by atoms with Crippen LogP contribution in [0.3, 0.4) is 0 Å². The van der Waals surface area contributed by atoms with Crippen molar-refractivity contribution in [2.75, 3.05) is 6.61 Å². The monoisotopic (exact) mass is 253 g/mol. The van der Waals surface area contributed by atoms with E-state index < -0.39 is 0 Å². The Morgan fingerprint density at radius 1 is 0.947 bits per heavy atom. The van der Waals surface area contributed by atoms with Gasteiger partial charge in [-0.25, -0.2) is 0 Å². The number of benzene rings is 2. The SMILES string of the molecule is CC(C)(CO)NC1c2ccccc2-c2ccccc21. The summed E-state index contributed by atoms with van der Waals surface area (Å²) in [6.07, 6.45) is 0. The van der Waals surface area contributed by atoms with E-state index in [1.165, 1.54) is 22.3 Å². The minimum Gasteiger partial charge on any atom is -0.394 e. The van der Waals surface area contributed by atoms with Crippen molar-refractivity contribution in [1.82, 2.24) is 5.32 Å². The third kappa shape index (κ3) is 2.07. The largest absolute Gasteiger partial charge is 0.394 e. The topological polar surface area (TPSA) is 32.3 Å². The molecule has 0 radical (unpaired) electrons. The standard InChI is InChI=1S/C17H19NO/c1-17(2,11-19)18-16-14-9-5-3-7-12(14)13-8-4-6-10-15(13)16/h3-10,16,18-19H,11H2,1-2H3. The number of aliphatic hydroxyl groups is 1. The second-order valence-electron chi connectivity index (χ2n) is 5.79. The molecule has 2 heteroatoms. The lowest BCUT2D eigenvalue weighted by Gasteiger charge is -2.29. The van der Waals surface area contributed by atoms with Gasteiger partial charge in [0.25, 0.3) is 0 Å². The van der Waals surface area contributed by atoms with E-state index in [0.717, 1.165) is 0 Å². The highest BCUT2D eigenvalue weighted by Crippen LogP contribution is 2.43. The Morgan fingerprint density at radius 2 is 1.42 bits per heavy atom. The molecule has 2 nitrogen and oxygen atoms in total. The fraction of sp³-hybridized carbons (Fsp3) is 0.294. The average Bonchev–Trinajstić information content (AvgIpc) is 2.74. The van der Waals surface area contributed by atoms with E-state index in [-0.39, 0.29) is 18.2 Å². The summed E-state index contributed by atoms with van der Waals surface area (Å²) >= 11 is 0. The second kappa shape index (κ2) is 4.48. The van der Waals surface area contributed by atoms with Gasteiger partial charge < -0.3 is 5.11 Å². The Balaban J connectivity index is 2.10. The molecule has 0 spiro atoms. The molecule has 2 N–H and O–H groups in total. The lowest BCUT2D eigenvalue weighted by Crippen LogP contribution is -2.44. The van der Waals surface area contributed by atoms with E-state index in [4.69, 9.17) is 0 Å². The van der Waals surface area contributed by atoms with E-state index in [0.29, 0.717) is 0 Å². The molecule has 1 aliphatic rings. The predicted octanol–water partition coefficient (Wildman–Crippen LogP) is 3.12. The van der Waals surface area contributed by atoms with Gasteiger partial charge in [0.05, 0.1) is 12.6 Å². The Labute approximate surface area is 114 Å². The Morgan fingerprint density at radius 3 is 1.89 bits per heavy atom. The number of hydrogen-bond acceptors (Lipinski definition) is 2. The fourth-order valence-electron chi connectivity index (χ4n) is 2.75. The molecule has 2 aromatic rings. The first-order valence-corrected chi connectivity index (χ1v) is 6.69. The third-order valence-electron chi connectivity index (χ3n) is 3.76. The summed E-state index contributed by atoms with van der Waals surface area (Å²) in [7, 11) is 0. The maximum atomic E-state index is 9.49. The average molecular weight is 253 g/mol. The van der Waals surface area contributed by atoms with Gasteiger partial charge in [0.2, 0.25) is 0 Å². The van der Waals surface area contributed by atoms with Gasteiger partial charge >= 0.3 is 0 Å². The maximum Gasteiger partial charge on any atom is 0.0608 e. The van der Waals surface area contributed by atoms with Crippen LogP contribution < -0.4 is 5.32 Å². The van der Waals surface area contributed by atoms with Crippen molar-refractivity contribution in [3.05, 3.63) is 59.7 Å². The molecule has 0 atom stereocenters. The van der Waals surface area contributed by atoms with Crippen LogP contribution in [0.25, 0.3) is 11.1 Å². The van der Waals surface area contributed by atoms with Gasteiger partial charge in [-0.3, -0.25) is 5.32 Å². The first kappa shape index (κ1) is 12.4. The van der Waals surface area contributed by atoms with Crippen molar-refractivity contribution >= 4 is 0 Å². The highest BCUT2D eigenvalue weighted by atomic mass is 16.3. The minimum absolute atomic E-state index is 0.119. The highest BCUT2D eigenvalue weighted by Gasteiger charge is 2.31. The van der Waals surface area contributed by atoms with Gasteiger partial charge in [-0.2, -0.15) is 0 Å². The van der Waals surface area contributed by atoms with Gasteiger partial charge in [0, 0.05) is 5.54 Å². The quantitative estimate of drug-likeness (QED) is 0.881. The zero-order valence-electron chi connectivity index (χ0n) is 11.4. The minimum atomic E-state index is -0.296. The molecule has 0 aliphatic heterocycles. The van der Waals surface area contributed by atoms with Crippen LogP contribution in [0.1, 0.15) is 31.0 Å². The Bertz CT molecular complexity index is 558. The summed E-state index contributed by atoms with van der Waals surface area (Å²) in [5.41, 5.74) is 4.89. The smallest absolute Gasteiger partial charge is 0.0608 e. The van der Waals surface area contributed by atoms with Crippen LogP contribution >= 0.6 is 0 Å². The van der Waals surface area contributed by atoms with Gasteiger partial charge in [-0.15, -0.1) is 0 Å². The molecular formula is C17H19NO. The van der Waals surface area contributed by atoms with E-state index in [1.54, 1.807) is 0 Å². The normalized spacial score (nSPS) is 14.3. The summed E-state index contributed by atoms with van der Waals surface area (Å²) < 4.78 is 0. The van der Waals surface area contributed by atoms with Gasteiger partial charge in [-0.05, 0) is 36.1 Å². The van der Waals surface area contributed by atoms with E-state index in [2.05, 4.69) is 53.8 Å². The van der Waals surface area contributed by atoms with Gasteiger partial charge in [0.15, 0.2) is 0 Å². The number of fused-ring (bicyclic) bond motifs is 3. The molecule has 3 rings (SSSR count). The lowest BCUT2D eigenvalue weighted by atomic mass is 9.99. The number of aliphatic hydroxyl groups excluding tert-OH is 1. The molecule has 0 bridgehead atoms. The molecule has 0 saturated carbocycles. The number of rotatable bonds is 3. The molecule has 0 unspecified atom stereocenters. The number of hydrogen-bond donors (Lipinski definition) is 2. The first-order valence-electron chi connectivity index (χ1n) is 6.69. The predicted molar refractivity (Wildman–Crippen MR) is 78.0 cm³/mol. The number of nitrogens with one attached hydrogen (secondary N) is 1. The van der Waals surface area contributed by atoms with Crippen LogP contribution in [-0.2, 0) is 0 Å². The van der Waals surface area contributed by atoms with Crippen molar-refractivity contribution in [2.24, 2.45) is 0 Å². The molecule has 0 fully saturated rings. The maximum absolute atomic E-state index is 9.49. The summed E-state index contributed by atoms with van der Waals surface area (Å²) in [4.78, 5) is 0. The summed E-state index contributed by atoms with van der Waals surface area (Å²) in [6, 6.07) is 17.1. The molecule has 0 heterocycles. The van der Waals surface area contributed by atoms with E-state index in [1.807, 2.05) is 13.8 Å². The van der Waals surface area contributed by atoms with Crippen molar-refractivity contribution in [3.63, 3.8) is 0 Å². The van der Waals surface area contributed by atoms with Crippen LogP contribution in [0.15, 0.2) is 48.5 Å². The molecule has 19 heavy (non-hydrogen) atoms. The van der Waals surface area contributed by atoms with Crippen LogP contribution in [0.2, 0.25) is 0 Å². The molecule has 1 aliphatic carbocycles. The molecule has 98 valence electrons. The van der Waals surface area contributed by atoms with Gasteiger partial charge in [0.1, 0.15) is 0 Å². The molecule has 0 saturated heterocycles. The van der Waals surface area contributed by atoms with Crippen molar-refractivity contribution in [1.29, 1.82) is 0 Å². The van der Waals surface area contributed by atoms with E-state index >= 15 is 0 Å². The van der Waals surface area contributed by atoms with E-state index in [9.17, 15) is 5.11 Å². The second-order valence-corrected chi connectivity index (χ2v) is 5.79. The lowest BCUT2D eigenvalue weighted by molar-refractivity contribution is 0.181. The fourth-order valence-corrected chi connectivity index (χ4v) is 2.75. The first-order chi connectivity index (χ1) is 9.12.